The lowest BCUT2D eigenvalue weighted by molar-refractivity contribution is 0.0690. The van der Waals surface area contributed by atoms with Crippen LogP contribution in [0.25, 0.3) is 0 Å². The Hall–Kier alpha value is -1.42. The topological polar surface area (TPSA) is 53.4 Å². The Balaban J connectivity index is 2.02. The van der Waals surface area contributed by atoms with Crippen LogP contribution in [-0.4, -0.2) is 34.0 Å². The van der Waals surface area contributed by atoms with E-state index in [1.54, 1.807) is 12.3 Å². The summed E-state index contributed by atoms with van der Waals surface area (Å²) in [5, 5.41) is 8.87. The van der Waals surface area contributed by atoms with Gasteiger partial charge in [-0.1, -0.05) is 0 Å². The van der Waals surface area contributed by atoms with Crippen LogP contribution in [0.15, 0.2) is 18.3 Å². The van der Waals surface area contributed by atoms with Gasteiger partial charge in [0, 0.05) is 18.8 Å². The standard InChI is InChI=1S/C13H18N2O2/c1-9(11-3-4-11)15(2)8-10-5-6-14-12(7-10)13(16)17/h5-7,9,11H,3-4,8H2,1-2H3,(H,16,17). The van der Waals surface area contributed by atoms with E-state index in [1.807, 2.05) is 6.07 Å². The molecule has 1 fully saturated rings. The fourth-order valence-electron chi connectivity index (χ4n) is 2.06. The lowest BCUT2D eigenvalue weighted by Gasteiger charge is -2.24. The molecular weight excluding hydrogens is 216 g/mol. The van der Waals surface area contributed by atoms with E-state index in [4.69, 9.17) is 5.11 Å². The number of pyridine rings is 1. The first-order chi connectivity index (χ1) is 8.08. The van der Waals surface area contributed by atoms with Crippen LogP contribution in [0.1, 0.15) is 35.8 Å². The molecule has 1 aliphatic rings. The number of carbonyl (C=O) groups is 1. The minimum atomic E-state index is -0.968. The maximum absolute atomic E-state index is 10.8. The second-order valence-electron chi connectivity index (χ2n) is 4.85. The predicted octanol–water partition coefficient (Wildman–Crippen LogP) is 2.01. The molecule has 1 heterocycles. The Morgan fingerprint density at radius 3 is 2.94 bits per heavy atom. The number of aromatic carboxylic acids is 1. The quantitative estimate of drug-likeness (QED) is 0.846. The number of nitrogens with zero attached hydrogens (tertiary/aromatic N) is 2. The van der Waals surface area contributed by atoms with Crippen LogP contribution >= 0.6 is 0 Å². The summed E-state index contributed by atoms with van der Waals surface area (Å²) < 4.78 is 0. The molecule has 0 radical (unpaired) electrons. The largest absolute Gasteiger partial charge is 0.477 e. The van der Waals surface area contributed by atoms with Crippen molar-refractivity contribution < 1.29 is 9.90 Å². The fourth-order valence-corrected chi connectivity index (χ4v) is 2.06. The highest BCUT2D eigenvalue weighted by atomic mass is 16.4. The van der Waals surface area contributed by atoms with Gasteiger partial charge in [-0.05, 0) is 50.4 Å². The van der Waals surface area contributed by atoms with Crippen molar-refractivity contribution >= 4 is 5.97 Å². The SMILES string of the molecule is CC(C1CC1)N(C)Cc1ccnc(C(=O)O)c1. The number of rotatable bonds is 5. The molecule has 1 aromatic heterocycles. The molecule has 0 aliphatic heterocycles. The molecule has 1 aliphatic carbocycles. The van der Waals surface area contributed by atoms with Gasteiger partial charge in [-0.3, -0.25) is 4.90 Å². The molecule has 1 aromatic rings. The van der Waals surface area contributed by atoms with Gasteiger partial charge in [-0.2, -0.15) is 0 Å². The molecule has 17 heavy (non-hydrogen) atoms. The van der Waals surface area contributed by atoms with Crippen molar-refractivity contribution in [2.24, 2.45) is 5.92 Å². The van der Waals surface area contributed by atoms with Gasteiger partial charge >= 0.3 is 5.97 Å². The Labute approximate surface area is 101 Å². The van der Waals surface area contributed by atoms with Gasteiger partial charge < -0.3 is 5.11 Å². The van der Waals surface area contributed by atoms with Crippen molar-refractivity contribution in [3.8, 4) is 0 Å². The van der Waals surface area contributed by atoms with Gasteiger partial charge in [0.05, 0.1) is 0 Å². The summed E-state index contributed by atoms with van der Waals surface area (Å²) >= 11 is 0. The van der Waals surface area contributed by atoms with E-state index in [0.29, 0.717) is 6.04 Å². The van der Waals surface area contributed by atoms with E-state index in [1.165, 1.54) is 12.8 Å². The summed E-state index contributed by atoms with van der Waals surface area (Å²) in [5.41, 5.74) is 1.13. The highest BCUT2D eigenvalue weighted by molar-refractivity contribution is 5.85. The number of hydrogen-bond acceptors (Lipinski definition) is 3. The first-order valence-electron chi connectivity index (χ1n) is 5.96. The van der Waals surface area contributed by atoms with Gasteiger partial charge in [0.15, 0.2) is 0 Å². The first kappa shape index (κ1) is 12.0. The molecule has 4 heteroatoms. The van der Waals surface area contributed by atoms with Gasteiger partial charge in [-0.25, -0.2) is 9.78 Å². The van der Waals surface area contributed by atoms with Crippen LogP contribution < -0.4 is 0 Å². The average Bonchev–Trinajstić information content (AvgIpc) is 3.12. The molecule has 0 aromatic carbocycles. The molecule has 1 saturated carbocycles. The van der Waals surface area contributed by atoms with Crippen molar-refractivity contribution in [1.82, 2.24) is 9.88 Å². The molecule has 1 atom stereocenters. The normalized spacial score (nSPS) is 17.1. The van der Waals surface area contributed by atoms with Crippen molar-refractivity contribution in [3.63, 3.8) is 0 Å². The minimum Gasteiger partial charge on any atom is -0.477 e. The highest BCUT2D eigenvalue weighted by Gasteiger charge is 2.30. The Morgan fingerprint density at radius 1 is 1.65 bits per heavy atom. The van der Waals surface area contributed by atoms with Crippen molar-refractivity contribution in [3.05, 3.63) is 29.6 Å². The van der Waals surface area contributed by atoms with Crippen LogP contribution in [0.3, 0.4) is 0 Å². The summed E-state index contributed by atoms with van der Waals surface area (Å²) in [6.07, 6.45) is 4.21. The second-order valence-corrected chi connectivity index (χ2v) is 4.85. The molecule has 0 saturated heterocycles. The average molecular weight is 234 g/mol. The number of carboxylic acids is 1. The number of hydrogen-bond donors (Lipinski definition) is 1. The zero-order chi connectivity index (χ0) is 12.4. The van der Waals surface area contributed by atoms with Crippen LogP contribution in [0.4, 0.5) is 0 Å². The van der Waals surface area contributed by atoms with Crippen LogP contribution in [0, 0.1) is 5.92 Å². The van der Waals surface area contributed by atoms with Gasteiger partial charge in [-0.15, -0.1) is 0 Å². The van der Waals surface area contributed by atoms with E-state index in [0.717, 1.165) is 18.0 Å². The van der Waals surface area contributed by atoms with Gasteiger partial charge in [0.2, 0.25) is 0 Å². The molecule has 0 amide bonds. The lowest BCUT2D eigenvalue weighted by atomic mass is 10.1. The van der Waals surface area contributed by atoms with E-state index in [9.17, 15) is 4.79 Å². The maximum Gasteiger partial charge on any atom is 0.354 e. The van der Waals surface area contributed by atoms with E-state index >= 15 is 0 Å². The van der Waals surface area contributed by atoms with E-state index in [-0.39, 0.29) is 5.69 Å². The van der Waals surface area contributed by atoms with E-state index in [2.05, 4.69) is 23.9 Å². The highest BCUT2D eigenvalue weighted by Crippen LogP contribution is 2.35. The minimum absolute atomic E-state index is 0.120. The fraction of sp³-hybridized carbons (Fsp3) is 0.538. The monoisotopic (exact) mass is 234 g/mol. The summed E-state index contributed by atoms with van der Waals surface area (Å²) in [4.78, 5) is 16.9. The third-order valence-electron chi connectivity index (χ3n) is 3.47. The summed E-state index contributed by atoms with van der Waals surface area (Å²) in [7, 11) is 2.09. The summed E-state index contributed by atoms with van der Waals surface area (Å²) in [6, 6.07) is 4.09. The van der Waals surface area contributed by atoms with Crippen molar-refractivity contribution in [1.29, 1.82) is 0 Å². The van der Waals surface area contributed by atoms with E-state index < -0.39 is 5.97 Å². The lowest BCUT2D eigenvalue weighted by Crippen LogP contribution is -2.30. The summed E-state index contributed by atoms with van der Waals surface area (Å²) in [6.45, 7) is 3.01. The van der Waals surface area contributed by atoms with Crippen LogP contribution in [0.5, 0.6) is 0 Å². The maximum atomic E-state index is 10.8. The first-order valence-corrected chi connectivity index (χ1v) is 5.96. The van der Waals surface area contributed by atoms with Crippen molar-refractivity contribution in [2.45, 2.75) is 32.4 Å². The molecular formula is C13H18N2O2. The van der Waals surface area contributed by atoms with Crippen molar-refractivity contribution in [2.75, 3.05) is 7.05 Å². The van der Waals surface area contributed by atoms with Gasteiger partial charge in [0.1, 0.15) is 5.69 Å². The van der Waals surface area contributed by atoms with Crippen LogP contribution in [0.2, 0.25) is 0 Å². The molecule has 1 unspecified atom stereocenters. The molecule has 0 bridgehead atoms. The predicted molar refractivity (Wildman–Crippen MR) is 64.8 cm³/mol. The van der Waals surface area contributed by atoms with Gasteiger partial charge in [0.25, 0.3) is 0 Å². The smallest absolute Gasteiger partial charge is 0.354 e. The third-order valence-corrected chi connectivity index (χ3v) is 3.47. The Kier molecular flexibility index (Phi) is 3.43. The molecule has 0 spiro atoms. The number of aromatic nitrogens is 1. The zero-order valence-corrected chi connectivity index (χ0v) is 10.3. The Morgan fingerprint density at radius 2 is 2.35 bits per heavy atom. The summed E-state index contributed by atoms with van der Waals surface area (Å²) in [5.74, 6) is -0.148. The molecule has 92 valence electrons. The third kappa shape index (κ3) is 3.03. The molecule has 4 nitrogen and oxygen atoms in total. The second kappa shape index (κ2) is 4.84. The molecule has 2 rings (SSSR count). The number of carboxylic acid groups (broad SMARTS) is 1. The zero-order valence-electron chi connectivity index (χ0n) is 10.3. The molecule has 1 N–H and O–H groups in total. The Bertz CT molecular complexity index is 416. The van der Waals surface area contributed by atoms with Crippen LogP contribution in [-0.2, 0) is 6.54 Å².